The molecule has 3 N–H and O–H groups in total. The molecule has 0 saturated carbocycles. The lowest BCUT2D eigenvalue weighted by Gasteiger charge is -2.05. The van der Waals surface area contributed by atoms with Crippen LogP contribution in [0.3, 0.4) is 0 Å². The summed E-state index contributed by atoms with van der Waals surface area (Å²) in [7, 11) is 0. The molecule has 2 heterocycles. The Morgan fingerprint density at radius 3 is 2.61 bits per heavy atom. The van der Waals surface area contributed by atoms with Gasteiger partial charge in [0.15, 0.2) is 0 Å². The molecule has 0 bridgehead atoms. The van der Waals surface area contributed by atoms with E-state index in [0.29, 0.717) is 30.8 Å². The minimum atomic E-state index is -0.271. The van der Waals surface area contributed by atoms with E-state index in [9.17, 15) is 9.59 Å². The maximum Gasteiger partial charge on any atom is 0.286 e. The molecule has 2 aromatic heterocycles. The molecular weight excluding hydrogens is 434 g/mol. The van der Waals surface area contributed by atoms with Gasteiger partial charge < -0.3 is 15.6 Å². The minimum absolute atomic E-state index is 0.0212. The van der Waals surface area contributed by atoms with Gasteiger partial charge in [-0.1, -0.05) is 40.7 Å². The first-order chi connectivity index (χ1) is 16.0. The summed E-state index contributed by atoms with van der Waals surface area (Å²) in [5.41, 5.74) is 5.40. The van der Waals surface area contributed by atoms with E-state index in [-0.39, 0.29) is 11.8 Å². The van der Waals surface area contributed by atoms with Gasteiger partial charge in [-0.3, -0.25) is 9.59 Å². The lowest BCUT2D eigenvalue weighted by molar-refractivity contribution is -0.121. The number of carbonyl (C=O) groups is 2. The third-order valence-electron chi connectivity index (χ3n) is 5.40. The molecule has 0 aliphatic heterocycles. The van der Waals surface area contributed by atoms with Gasteiger partial charge in [0.1, 0.15) is 5.01 Å². The Labute approximate surface area is 196 Å². The van der Waals surface area contributed by atoms with Crippen LogP contribution in [0.5, 0.6) is 0 Å². The molecule has 0 spiro atoms. The largest absolute Gasteiger partial charge is 0.361 e. The lowest BCUT2D eigenvalue weighted by atomic mass is 10.1. The van der Waals surface area contributed by atoms with Crippen LogP contribution in [0.2, 0.25) is 0 Å². The van der Waals surface area contributed by atoms with Crippen LogP contribution in [-0.2, 0) is 17.6 Å². The molecule has 7 nitrogen and oxygen atoms in total. The highest BCUT2D eigenvalue weighted by molar-refractivity contribution is 7.13. The van der Waals surface area contributed by atoms with Crippen molar-refractivity contribution in [2.75, 3.05) is 11.9 Å². The van der Waals surface area contributed by atoms with Gasteiger partial charge in [0.2, 0.25) is 10.9 Å². The Balaban J connectivity index is 1.18. The van der Waals surface area contributed by atoms with Crippen molar-refractivity contribution in [3.05, 3.63) is 75.4 Å². The van der Waals surface area contributed by atoms with E-state index >= 15 is 0 Å². The second kappa shape index (κ2) is 10.4. The Kier molecular flexibility index (Phi) is 7.14. The van der Waals surface area contributed by atoms with E-state index in [1.165, 1.54) is 27.8 Å². The first-order valence-corrected chi connectivity index (χ1v) is 11.8. The fraction of sp³-hybridized carbons (Fsp3) is 0.280. The van der Waals surface area contributed by atoms with Crippen LogP contribution in [-0.4, -0.2) is 33.5 Å². The number of H-pyrrole nitrogens is 1. The molecule has 0 saturated heterocycles. The molecule has 4 aromatic rings. The van der Waals surface area contributed by atoms with Crippen molar-refractivity contribution in [3.8, 4) is 0 Å². The summed E-state index contributed by atoms with van der Waals surface area (Å²) in [5.74, 6) is -0.249. The van der Waals surface area contributed by atoms with E-state index < -0.39 is 0 Å². The van der Waals surface area contributed by atoms with Gasteiger partial charge in [0.25, 0.3) is 5.91 Å². The van der Waals surface area contributed by atoms with Crippen LogP contribution >= 0.6 is 11.3 Å². The van der Waals surface area contributed by atoms with Crippen molar-refractivity contribution in [2.24, 2.45) is 0 Å². The van der Waals surface area contributed by atoms with E-state index in [4.69, 9.17) is 0 Å². The monoisotopic (exact) mass is 461 g/mol. The molecule has 8 heteroatoms. The van der Waals surface area contributed by atoms with Crippen LogP contribution in [0.25, 0.3) is 10.9 Å². The second-order valence-electron chi connectivity index (χ2n) is 8.14. The maximum absolute atomic E-state index is 12.3. The van der Waals surface area contributed by atoms with E-state index in [0.717, 1.165) is 28.2 Å². The Hall–Kier alpha value is -3.52. The SMILES string of the molecule is Cc1ccc(NC(=O)c2nnc(CCCC(=O)NCCc3c[nH]c4ccc(C)cc34)s2)cc1. The van der Waals surface area contributed by atoms with Crippen molar-refractivity contribution in [2.45, 2.75) is 39.5 Å². The van der Waals surface area contributed by atoms with Crippen LogP contribution in [0.1, 0.15) is 44.3 Å². The Morgan fingerprint density at radius 1 is 1.00 bits per heavy atom. The van der Waals surface area contributed by atoms with Gasteiger partial charge in [-0.25, -0.2) is 0 Å². The number of fused-ring (bicyclic) bond motifs is 1. The third kappa shape index (κ3) is 6.04. The number of nitrogens with one attached hydrogen (secondary N) is 3. The van der Waals surface area contributed by atoms with Crippen molar-refractivity contribution < 1.29 is 9.59 Å². The minimum Gasteiger partial charge on any atom is -0.361 e. The molecule has 0 aliphatic carbocycles. The average Bonchev–Trinajstić information content (AvgIpc) is 3.43. The molecule has 4 rings (SSSR count). The van der Waals surface area contributed by atoms with Crippen LogP contribution in [0.15, 0.2) is 48.7 Å². The molecule has 0 aliphatic rings. The van der Waals surface area contributed by atoms with Crippen LogP contribution in [0, 0.1) is 13.8 Å². The zero-order chi connectivity index (χ0) is 23.2. The summed E-state index contributed by atoms with van der Waals surface area (Å²) in [6.45, 7) is 4.67. The fourth-order valence-electron chi connectivity index (χ4n) is 3.59. The van der Waals surface area contributed by atoms with Crippen molar-refractivity contribution in [3.63, 3.8) is 0 Å². The third-order valence-corrected chi connectivity index (χ3v) is 6.39. The molecule has 33 heavy (non-hydrogen) atoms. The molecule has 0 fully saturated rings. The van der Waals surface area contributed by atoms with Gasteiger partial charge in [0.05, 0.1) is 0 Å². The summed E-state index contributed by atoms with van der Waals surface area (Å²) in [6.07, 6.45) is 4.48. The zero-order valence-corrected chi connectivity index (χ0v) is 19.6. The van der Waals surface area contributed by atoms with E-state index in [1.54, 1.807) is 0 Å². The van der Waals surface area contributed by atoms with Crippen molar-refractivity contribution in [1.82, 2.24) is 20.5 Å². The van der Waals surface area contributed by atoms with Crippen LogP contribution in [0.4, 0.5) is 5.69 Å². The summed E-state index contributed by atoms with van der Waals surface area (Å²) in [5, 5.41) is 16.2. The number of aryl methyl sites for hydroxylation is 3. The highest BCUT2D eigenvalue weighted by atomic mass is 32.1. The van der Waals surface area contributed by atoms with Crippen molar-refractivity contribution in [1.29, 1.82) is 0 Å². The summed E-state index contributed by atoms with van der Waals surface area (Å²) >= 11 is 1.26. The number of aromatic nitrogens is 3. The molecule has 2 aromatic carbocycles. The van der Waals surface area contributed by atoms with E-state index in [1.807, 2.05) is 37.4 Å². The molecule has 0 atom stereocenters. The zero-order valence-electron chi connectivity index (χ0n) is 18.8. The fourth-order valence-corrected chi connectivity index (χ4v) is 4.37. The smallest absolute Gasteiger partial charge is 0.286 e. The topological polar surface area (TPSA) is 99.8 Å². The number of carbonyl (C=O) groups excluding carboxylic acids is 2. The predicted molar refractivity (Wildman–Crippen MR) is 132 cm³/mol. The molecule has 2 amide bonds. The van der Waals surface area contributed by atoms with Crippen LogP contribution < -0.4 is 10.6 Å². The molecule has 0 radical (unpaired) electrons. The number of amides is 2. The molecule has 170 valence electrons. The van der Waals surface area contributed by atoms with Gasteiger partial charge >= 0.3 is 0 Å². The summed E-state index contributed by atoms with van der Waals surface area (Å²) in [4.78, 5) is 27.8. The summed E-state index contributed by atoms with van der Waals surface area (Å²) in [6, 6.07) is 13.9. The normalized spacial score (nSPS) is 11.0. The standard InChI is InChI=1S/C25H27N5O2S/c1-16-6-9-19(10-7-16)28-24(32)25-30-29-23(33-25)5-3-4-22(31)26-13-12-18-15-27-21-11-8-17(2)14-20(18)21/h6-11,14-15,27H,3-5,12-13H2,1-2H3,(H,26,31)(H,28,32). The highest BCUT2D eigenvalue weighted by Gasteiger charge is 2.13. The summed E-state index contributed by atoms with van der Waals surface area (Å²) < 4.78 is 0. The predicted octanol–water partition coefficient (Wildman–Crippen LogP) is 4.57. The second-order valence-corrected chi connectivity index (χ2v) is 9.20. The number of benzene rings is 2. The van der Waals surface area contributed by atoms with E-state index in [2.05, 4.69) is 50.9 Å². The number of anilines is 1. The average molecular weight is 462 g/mol. The number of aromatic amines is 1. The van der Waals surface area contributed by atoms with Gasteiger partial charge in [0, 0.05) is 42.2 Å². The molecule has 0 unspecified atom stereocenters. The number of hydrogen-bond acceptors (Lipinski definition) is 5. The van der Waals surface area contributed by atoms with Gasteiger partial charge in [-0.05, 0) is 56.5 Å². The number of hydrogen-bond donors (Lipinski definition) is 3. The van der Waals surface area contributed by atoms with Crippen molar-refractivity contribution >= 4 is 39.7 Å². The quantitative estimate of drug-likeness (QED) is 0.340. The van der Waals surface area contributed by atoms with Gasteiger partial charge in [-0.15, -0.1) is 10.2 Å². The first-order valence-electron chi connectivity index (χ1n) is 11.0. The van der Waals surface area contributed by atoms with Gasteiger partial charge in [-0.2, -0.15) is 0 Å². The lowest BCUT2D eigenvalue weighted by Crippen LogP contribution is -2.25. The number of nitrogens with zero attached hydrogens (tertiary/aromatic N) is 2. The highest BCUT2D eigenvalue weighted by Crippen LogP contribution is 2.20. The maximum atomic E-state index is 12.3. The Morgan fingerprint density at radius 2 is 1.79 bits per heavy atom. The Bertz CT molecular complexity index is 1260. The first kappa shape index (κ1) is 22.7. The number of rotatable bonds is 9. The molecular formula is C25H27N5O2S.